The van der Waals surface area contributed by atoms with E-state index < -0.39 is 11.2 Å². The maximum absolute atomic E-state index is 11.9. The van der Waals surface area contributed by atoms with E-state index in [1.54, 1.807) is 7.05 Å². The van der Waals surface area contributed by atoms with E-state index in [1.807, 2.05) is 6.92 Å². The lowest BCUT2D eigenvalue weighted by atomic mass is 10.5. The molecule has 1 atom stereocenters. The Labute approximate surface area is 106 Å². The van der Waals surface area contributed by atoms with Crippen molar-refractivity contribution in [2.24, 2.45) is 14.1 Å². The third-order valence-corrected chi connectivity index (χ3v) is 3.61. The number of aryl methyl sites for hydroxylation is 1. The second-order valence-corrected chi connectivity index (χ2v) is 5.48. The molecule has 0 spiro atoms. The van der Waals surface area contributed by atoms with Crippen molar-refractivity contribution in [1.29, 1.82) is 0 Å². The van der Waals surface area contributed by atoms with E-state index in [4.69, 9.17) is 5.11 Å². The summed E-state index contributed by atoms with van der Waals surface area (Å²) >= 11 is 1.32. The Balaban J connectivity index is 2.65. The number of rotatable bonds is 3. The summed E-state index contributed by atoms with van der Waals surface area (Å²) in [6.07, 6.45) is 0. The number of H-pyrrole nitrogens is 1. The topological polar surface area (TPSA) is 92.9 Å². The zero-order valence-corrected chi connectivity index (χ0v) is 11.1. The fourth-order valence-electron chi connectivity index (χ4n) is 1.59. The van der Waals surface area contributed by atoms with Crippen LogP contribution in [-0.4, -0.2) is 36.1 Å². The van der Waals surface area contributed by atoms with Gasteiger partial charge in [0, 0.05) is 19.3 Å². The van der Waals surface area contributed by atoms with Crippen molar-refractivity contribution < 1.29 is 5.11 Å². The van der Waals surface area contributed by atoms with Crippen LogP contribution in [0.5, 0.6) is 0 Å². The Kier molecular flexibility index (Phi) is 3.31. The van der Waals surface area contributed by atoms with Crippen molar-refractivity contribution in [3.05, 3.63) is 20.8 Å². The molecule has 0 fully saturated rings. The van der Waals surface area contributed by atoms with Crippen LogP contribution in [0.1, 0.15) is 6.92 Å². The normalized spacial score (nSPS) is 13.1. The number of nitrogens with one attached hydrogen (secondary N) is 1. The smallest absolute Gasteiger partial charge is 0.332 e. The van der Waals surface area contributed by atoms with Gasteiger partial charge in [-0.15, -0.1) is 0 Å². The molecular formula is C10H14N4O3S. The van der Waals surface area contributed by atoms with Crippen LogP contribution in [0.25, 0.3) is 11.2 Å². The van der Waals surface area contributed by atoms with Gasteiger partial charge in [0.25, 0.3) is 5.56 Å². The fourth-order valence-corrected chi connectivity index (χ4v) is 2.34. The molecule has 0 saturated heterocycles. The molecular weight excluding hydrogens is 256 g/mol. The van der Waals surface area contributed by atoms with Gasteiger partial charge in [0.1, 0.15) is 0 Å². The van der Waals surface area contributed by atoms with Crippen molar-refractivity contribution in [3.8, 4) is 0 Å². The summed E-state index contributed by atoms with van der Waals surface area (Å²) < 4.78 is 2.35. The lowest BCUT2D eigenvalue weighted by Gasteiger charge is -2.02. The molecule has 2 heterocycles. The van der Waals surface area contributed by atoms with Crippen LogP contribution >= 0.6 is 11.8 Å². The van der Waals surface area contributed by atoms with Gasteiger partial charge in [0.15, 0.2) is 16.3 Å². The number of fused-ring (bicyclic) bond motifs is 1. The van der Waals surface area contributed by atoms with Crippen molar-refractivity contribution in [3.63, 3.8) is 0 Å². The van der Waals surface area contributed by atoms with E-state index >= 15 is 0 Å². The Hall–Kier alpha value is -1.54. The number of aromatic amines is 1. The highest BCUT2D eigenvalue weighted by Crippen LogP contribution is 2.20. The minimum Gasteiger partial charge on any atom is -0.395 e. The number of thioether (sulfide) groups is 1. The van der Waals surface area contributed by atoms with Gasteiger partial charge in [-0.1, -0.05) is 18.7 Å². The SMILES string of the molecule is CC(CO)Sc1nc2c([nH]1)c(=O)n(C)c(=O)n2C. The Morgan fingerprint density at radius 1 is 1.39 bits per heavy atom. The summed E-state index contributed by atoms with van der Waals surface area (Å²) in [5.74, 6) is 0. The molecule has 2 N–H and O–H groups in total. The Bertz CT molecular complexity index is 699. The average molecular weight is 270 g/mol. The van der Waals surface area contributed by atoms with Gasteiger partial charge in [-0.05, 0) is 0 Å². The molecule has 7 nitrogen and oxygen atoms in total. The van der Waals surface area contributed by atoms with Gasteiger partial charge in [-0.2, -0.15) is 0 Å². The number of aliphatic hydroxyl groups is 1. The van der Waals surface area contributed by atoms with Gasteiger partial charge >= 0.3 is 5.69 Å². The molecule has 0 radical (unpaired) electrons. The van der Waals surface area contributed by atoms with Crippen LogP contribution in [0, 0.1) is 0 Å². The zero-order valence-electron chi connectivity index (χ0n) is 10.3. The molecule has 0 bridgehead atoms. The van der Waals surface area contributed by atoms with Gasteiger partial charge in [0.05, 0.1) is 6.61 Å². The number of hydrogen-bond acceptors (Lipinski definition) is 5. The molecule has 0 saturated carbocycles. The predicted molar refractivity (Wildman–Crippen MR) is 69.0 cm³/mol. The summed E-state index contributed by atoms with van der Waals surface area (Å²) in [7, 11) is 2.99. The molecule has 0 aliphatic carbocycles. The van der Waals surface area contributed by atoms with E-state index in [9.17, 15) is 9.59 Å². The number of nitrogens with zero attached hydrogens (tertiary/aromatic N) is 3. The Morgan fingerprint density at radius 3 is 2.67 bits per heavy atom. The highest BCUT2D eigenvalue weighted by Gasteiger charge is 2.14. The molecule has 0 aromatic carbocycles. The fraction of sp³-hybridized carbons (Fsp3) is 0.500. The van der Waals surface area contributed by atoms with E-state index in [2.05, 4.69) is 9.97 Å². The second-order valence-electron chi connectivity index (χ2n) is 4.06. The molecule has 1 unspecified atom stereocenters. The first kappa shape index (κ1) is 12.9. The zero-order chi connectivity index (χ0) is 13.4. The van der Waals surface area contributed by atoms with Crippen LogP contribution in [0.2, 0.25) is 0 Å². The summed E-state index contributed by atoms with van der Waals surface area (Å²) in [4.78, 5) is 30.7. The second kappa shape index (κ2) is 4.62. The summed E-state index contributed by atoms with van der Waals surface area (Å²) in [6, 6.07) is 0. The number of hydrogen-bond donors (Lipinski definition) is 2. The highest BCUT2D eigenvalue weighted by molar-refractivity contribution is 7.99. The number of aromatic nitrogens is 4. The average Bonchev–Trinajstić information content (AvgIpc) is 2.77. The Morgan fingerprint density at radius 2 is 2.06 bits per heavy atom. The summed E-state index contributed by atoms with van der Waals surface area (Å²) in [5.41, 5.74) is -0.183. The van der Waals surface area contributed by atoms with Crippen molar-refractivity contribution >= 4 is 22.9 Å². The first-order valence-corrected chi connectivity index (χ1v) is 6.27. The van der Waals surface area contributed by atoms with Crippen LogP contribution in [0.4, 0.5) is 0 Å². The molecule has 98 valence electrons. The van der Waals surface area contributed by atoms with Gasteiger partial charge in [-0.3, -0.25) is 13.9 Å². The van der Waals surface area contributed by atoms with Gasteiger partial charge < -0.3 is 10.1 Å². The molecule has 2 aromatic heterocycles. The summed E-state index contributed by atoms with van der Waals surface area (Å²) in [6.45, 7) is 1.85. The van der Waals surface area contributed by atoms with E-state index in [1.165, 1.54) is 23.4 Å². The van der Waals surface area contributed by atoms with E-state index in [0.717, 1.165) is 4.57 Å². The van der Waals surface area contributed by atoms with Crippen molar-refractivity contribution in [2.75, 3.05) is 6.61 Å². The van der Waals surface area contributed by atoms with Gasteiger partial charge in [-0.25, -0.2) is 9.78 Å². The molecule has 0 aliphatic rings. The van der Waals surface area contributed by atoms with E-state index in [-0.39, 0.29) is 11.9 Å². The standard InChI is InChI=1S/C10H14N4O3S/c1-5(4-15)18-9-11-6-7(12-9)13(2)10(17)14(3)8(6)16/h5,15H,4H2,1-3H3,(H,11,12). The van der Waals surface area contributed by atoms with Crippen LogP contribution < -0.4 is 11.2 Å². The van der Waals surface area contributed by atoms with Crippen LogP contribution in [-0.2, 0) is 14.1 Å². The third kappa shape index (κ3) is 1.97. The number of imidazole rings is 1. The van der Waals surface area contributed by atoms with Crippen molar-refractivity contribution in [1.82, 2.24) is 19.1 Å². The monoisotopic (exact) mass is 270 g/mol. The quantitative estimate of drug-likeness (QED) is 0.729. The minimum absolute atomic E-state index is 0.0126. The van der Waals surface area contributed by atoms with Crippen LogP contribution in [0.15, 0.2) is 14.7 Å². The lowest BCUT2D eigenvalue weighted by molar-refractivity contribution is 0.300. The number of aliphatic hydroxyl groups excluding tert-OH is 1. The molecule has 2 rings (SSSR count). The summed E-state index contributed by atoms with van der Waals surface area (Å²) in [5, 5.41) is 9.47. The first-order chi connectivity index (χ1) is 8.45. The predicted octanol–water partition coefficient (Wildman–Crippen LogP) is -0.567. The molecule has 2 aromatic rings. The molecule has 18 heavy (non-hydrogen) atoms. The van der Waals surface area contributed by atoms with Gasteiger partial charge in [0.2, 0.25) is 0 Å². The lowest BCUT2D eigenvalue weighted by Crippen LogP contribution is -2.36. The maximum atomic E-state index is 11.9. The van der Waals surface area contributed by atoms with Crippen LogP contribution in [0.3, 0.4) is 0 Å². The van der Waals surface area contributed by atoms with E-state index in [0.29, 0.717) is 16.3 Å². The third-order valence-electron chi connectivity index (χ3n) is 2.64. The maximum Gasteiger partial charge on any atom is 0.332 e. The minimum atomic E-state index is -0.411. The first-order valence-electron chi connectivity index (χ1n) is 5.39. The molecule has 8 heteroatoms. The largest absolute Gasteiger partial charge is 0.395 e. The van der Waals surface area contributed by atoms with Crippen molar-refractivity contribution in [2.45, 2.75) is 17.3 Å². The highest BCUT2D eigenvalue weighted by atomic mass is 32.2. The molecule has 0 aliphatic heterocycles. The molecule has 0 amide bonds.